The van der Waals surface area contributed by atoms with Crippen molar-refractivity contribution in [3.05, 3.63) is 12.7 Å². The number of imidazole rings is 1. The topological polar surface area (TPSA) is 99.1 Å². The number of nitrogens with zero attached hydrogens (tertiary/aromatic N) is 4. The van der Waals surface area contributed by atoms with Crippen molar-refractivity contribution in [2.45, 2.75) is 30.4 Å². The van der Waals surface area contributed by atoms with Gasteiger partial charge in [-0.3, -0.25) is 4.57 Å². The van der Waals surface area contributed by atoms with Crippen molar-refractivity contribution in [2.75, 3.05) is 12.3 Å². The Balaban J connectivity index is 2.12. The molecule has 102 valence electrons. The van der Waals surface area contributed by atoms with E-state index in [2.05, 4.69) is 27.6 Å². The van der Waals surface area contributed by atoms with Crippen LogP contribution in [0, 0.1) is 0 Å². The number of hydrogen-bond donors (Lipinski definition) is 3. The number of aliphatic hydroxyl groups excluding tert-OH is 1. The van der Waals surface area contributed by atoms with E-state index in [1.165, 1.54) is 6.33 Å². The van der Waals surface area contributed by atoms with Gasteiger partial charge in [0.2, 0.25) is 0 Å². The Kier molecular flexibility index (Phi) is 2.88. The van der Waals surface area contributed by atoms with E-state index >= 15 is 0 Å². The number of hydrogen-bond acceptors (Lipinski definition) is 7. The van der Waals surface area contributed by atoms with E-state index in [0.29, 0.717) is 23.4 Å². The van der Waals surface area contributed by atoms with E-state index in [1.807, 2.05) is 6.92 Å². The van der Waals surface area contributed by atoms with Crippen LogP contribution in [0.5, 0.6) is 0 Å². The highest BCUT2D eigenvalue weighted by Gasteiger charge is 2.45. The molecular weight excluding hydrogens is 266 g/mol. The Morgan fingerprint density at radius 2 is 2.37 bits per heavy atom. The summed E-state index contributed by atoms with van der Waals surface area (Å²) in [6.45, 7) is 1.87. The van der Waals surface area contributed by atoms with Crippen molar-refractivity contribution in [3.8, 4) is 0 Å². The summed E-state index contributed by atoms with van der Waals surface area (Å²) in [5, 5.41) is 9.17. The summed E-state index contributed by atoms with van der Waals surface area (Å²) >= 11 is 4.56. The first-order valence-electron chi connectivity index (χ1n) is 5.97. The number of nitrogen functional groups attached to an aromatic ring is 1. The van der Waals surface area contributed by atoms with E-state index in [9.17, 15) is 5.11 Å². The maximum Gasteiger partial charge on any atom is 0.167 e. The summed E-state index contributed by atoms with van der Waals surface area (Å²) < 4.78 is 7.70. The van der Waals surface area contributed by atoms with Crippen molar-refractivity contribution >= 4 is 29.6 Å². The van der Waals surface area contributed by atoms with Crippen LogP contribution < -0.4 is 5.73 Å². The zero-order valence-corrected chi connectivity index (χ0v) is 11.3. The van der Waals surface area contributed by atoms with E-state index in [4.69, 9.17) is 10.5 Å². The van der Waals surface area contributed by atoms with Gasteiger partial charge < -0.3 is 15.6 Å². The number of aliphatic hydroxyl groups is 1. The van der Waals surface area contributed by atoms with Crippen LogP contribution in [0.15, 0.2) is 12.7 Å². The van der Waals surface area contributed by atoms with Gasteiger partial charge in [-0.05, 0) is 13.3 Å². The van der Waals surface area contributed by atoms with Crippen molar-refractivity contribution in [1.29, 1.82) is 0 Å². The number of aromatic nitrogens is 4. The number of thiol groups is 1. The summed E-state index contributed by atoms with van der Waals surface area (Å²) in [6.07, 6.45) is 3.45. The molecule has 19 heavy (non-hydrogen) atoms. The molecule has 8 heteroatoms. The molecule has 3 N–H and O–H groups in total. The Bertz CT molecular complexity index is 618. The Morgan fingerprint density at radius 1 is 1.58 bits per heavy atom. The largest absolute Gasteiger partial charge is 0.394 e. The lowest BCUT2D eigenvalue weighted by Gasteiger charge is -2.29. The third-order valence-corrected chi connectivity index (χ3v) is 4.24. The zero-order chi connectivity index (χ0) is 13.6. The van der Waals surface area contributed by atoms with Crippen LogP contribution >= 0.6 is 12.6 Å². The molecule has 0 amide bonds. The summed E-state index contributed by atoms with van der Waals surface area (Å²) in [4.78, 5) is 12.4. The first kappa shape index (κ1) is 12.6. The Hall–Kier alpha value is -1.38. The Morgan fingerprint density at radius 3 is 3.05 bits per heavy atom. The predicted octanol–water partition coefficient (Wildman–Crippen LogP) is 0.161. The second-order valence-electron chi connectivity index (χ2n) is 4.77. The minimum Gasteiger partial charge on any atom is -0.394 e. The fourth-order valence-corrected chi connectivity index (χ4v) is 2.86. The van der Waals surface area contributed by atoms with Crippen LogP contribution in [0.1, 0.15) is 13.3 Å². The summed E-state index contributed by atoms with van der Waals surface area (Å²) in [7, 11) is 0. The van der Waals surface area contributed by atoms with Gasteiger partial charge in [0.15, 0.2) is 17.2 Å². The fourth-order valence-electron chi connectivity index (χ4n) is 2.44. The van der Waals surface area contributed by atoms with E-state index in [1.54, 1.807) is 10.9 Å². The van der Waals surface area contributed by atoms with Gasteiger partial charge in [-0.25, -0.2) is 15.0 Å². The van der Waals surface area contributed by atoms with Gasteiger partial charge in [-0.1, -0.05) is 0 Å². The minimum atomic E-state index is -0.716. The molecule has 1 aliphatic rings. The molecular formula is C11H15N5O2S. The standard InChI is InChI=1S/C11H15N5O2S/c1-11(7(19)2-6(3-17)18-11)16-5-15-8-9(12)13-4-14-10(8)16/h4-7,17,19H,2-3H2,1H3,(H2,12,13,14)/t6-,7+,11+/m0/s1. The van der Waals surface area contributed by atoms with Crippen molar-refractivity contribution < 1.29 is 9.84 Å². The lowest BCUT2D eigenvalue weighted by Crippen LogP contribution is -2.37. The number of ether oxygens (including phenoxy) is 1. The molecule has 1 aliphatic heterocycles. The van der Waals surface area contributed by atoms with Gasteiger partial charge in [0.05, 0.1) is 24.3 Å². The van der Waals surface area contributed by atoms with Crippen LogP contribution in [0.25, 0.3) is 11.2 Å². The maximum absolute atomic E-state index is 9.24. The second-order valence-corrected chi connectivity index (χ2v) is 5.40. The molecule has 0 bridgehead atoms. The predicted molar refractivity (Wildman–Crippen MR) is 72.7 cm³/mol. The molecule has 3 rings (SSSR count). The molecule has 7 nitrogen and oxygen atoms in total. The third kappa shape index (κ3) is 1.78. The monoisotopic (exact) mass is 281 g/mol. The van der Waals surface area contributed by atoms with Crippen LogP contribution in [0.4, 0.5) is 5.82 Å². The third-order valence-electron chi connectivity index (χ3n) is 3.55. The lowest BCUT2D eigenvalue weighted by atomic mass is 10.1. The van der Waals surface area contributed by atoms with Crippen molar-refractivity contribution in [3.63, 3.8) is 0 Å². The van der Waals surface area contributed by atoms with E-state index in [0.717, 1.165) is 0 Å². The van der Waals surface area contributed by atoms with Gasteiger partial charge in [0.25, 0.3) is 0 Å². The molecule has 0 aromatic carbocycles. The maximum atomic E-state index is 9.24. The molecule has 3 atom stereocenters. The zero-order valence-electron chi connectivity index (χ0n) is 10.4. The quantitative estimate of drug-likeness (QED) is 0.678. The molecule has 0 spiro atoms. The molecule has 1 fully saturated rings. The molecule has 2 aromatic heterocycles. The highest BCUT2D eigenvalue weighted by atomic mass is 32.1. The number of fused-ring (bicyclic) bond motifs is 1. The smallest absolute Gasteiger partial charge is 0.167 e. The summed E-state index contributed by atoms with van der Waals surface area (Å²) in [5.41, 5.74) is 6.20. The molecule has 3 heterocycles. The number of rotatable bonds is 2. The minimum absolute atomic E-state index is 0.0313. The average molecular weight is 281 g/mol. The highest BCUT2D eigenvalue weighted by Crippen LogP contribution is 2.39. The number of nitrogens with two attached hydrogens (primary N) is 1. The molecule has 0 saturated carbocycles. The normalized spacial score (nSPS) is 31.1. The first-order chi connectivity index (χ1) is 9.06. The average Bonchev–Trinajstić information content (AvgIpc) is 2.94. The van der Waals surface area contributed by atoms with E-state index < -0.39 is 5.72 Å². The number of anilines is 1. The highest BCUT2D eigenvalue weighted by molar-refractivity contribution is 7.81. The van der Waals surface area contributed by atoms with Gasteiger partial charge in [0, 0.05) is 0 Å². The molecule has 0 aliphatic carbocycles. The van der Waals surface area contributed by atoms with Crippen molar-refractivity contribution in [2.24, 2.45) is 0 Å². The van der Waals surface area contributed by atoms with Crippen LogP contribution in [-0.4, -0.2) is 42.6 Å². The van der Waals surface area contributed by atoms with Gasteiger partial charge in [0.1, 0.15) is 11.8 Å². The van der Waals surface area contributed by atoms with Gasteiger partial charge in [-0.15, -0.1) is 0 Å². The fraction of sp³-hybridized carbons (Fsp3) is 0.545. The molecule has 1 saturated heterocycles. The van der Waals surface area contributed by atoms with Gasteiger partial charge in [-0.2, -0.15) is 12.6 Å². The molecule has 0 unspecified atom stereocenters. The first-order valence-corrected chi connectivity index (χ1v) is 6.48. The summed E-state index contributed by atoms with van der Waals surface area (Å²) in [6, 6.07) is 0. The second kappa shape index (κ2) is 4.32. The van der Waals surface area contributed by atoms with E-state index in [-0.39, 0.29) is 18.0 Å². The summed E-state index contributed by atoms with van der Waals surface area (Å²) in [5.74, 6) is 0.333. The Labute approximate surface area is 115 Å². The van der Waals surface area contributed by atoms with Crippen LogP contribution in [0.3, 0.4) is 0 Å². The lowest BCUT2D eigenvalue weighted by molar-refractivity contribution is -0.0932. The van der Waals surface area contributed by atoms with Gasteiger partial charge >= 0.3 is 0 Å². The molecule has 2 aromatic rings. The van der Waals surface area contributed by atoms with Crippen LogP contribution in [0.2, 0.25) is 0 Å². The SMILES string of the molecule is C[C@@]1(n2cnc3c(N)ncnc32)O[C@H](CO)C[C@H]1S. The van der Waals surface area contributed by atoms with Crippen LogP contribution in [-0.2, 0) is 10.5 Å². The molecule has 0 radical (unpaired) electrons. The van der Waals surface area contributed by atoms with Crippen molar-refractivity contribution in [1.82, 2.24) is 19.5 Å².